The van der Waals surface area contributed by atoms with Crippen LogP contribution in [-0.4, -0.2) is 31.7 Å². The molecule has 0 fully saturated rings. The molecule has 1 aromatic heterocycles. The van der Waals surface area contributed by atoms with E-state index in [1.165, 1.54) is 10.4 Å². The van der Waals surface area contributed by atoms with Crippen LogP contribution < -0.4 is 0 Å². The van der Waals surface area contributed by atoms with Crippen molar-refractivity contribution in [2.75, 3.05) is 19.0 Å². The number of hydrogen-bond donors (Lipinski definition) is 0. The molecular formula is C9H12Cl3NO2S2. The van der Waals surface area contributed by atoms with Gasteiger partial charge in [0.2, 0.25) is 10.0 Å². The maximum Gasteiger partial charge on any atom is 0.245 e. The summed E-state index contributed by atoms with van der Waals surface area (Å²) in [5, 5.41) is 0. The molecule has 0 amide bonds. The highest BCUT2D eigenvalue weighted by atomic mass is 35.5. The number of thiophene rings is 1. The fourth-order valence-corrected chi connectivity index (χ4v) is 5.29. The number of alkyl halides is 1. The number of nitrogens with zero attached hydrogens (tertiary/aromatic N) is 1. The summed E-state index contributed by atoms with van der Waals surface area (Å²) in [6, 6.07) is 1.38. The Balaban J connectivity index is 3.11. The van der Waals surface area contributed by atoms with E-state index < -0.39 is 10.0 Å². The SMILES string of the molecule is CCCN(CCCl)S(=O)(=O)c1cc(Cl)sc1Cl. The zero-order valence-electron chi connectivity index (χ0n) is 9.12. The van der Waals surface area contributed by atoms with Crippen LogP contribution in [0.25, 0.3) is 0 Å². The third kappa shape index (κ3) is 3.72. The van der Waals surface area contributed by atoms with Gasteiger partial charge in [-0.1, -0.05) is 30.1 Å². The standard InChI is InChI=1S/C9H12Cl3NO2S2/c1-2-4-13(5-3-10)17(14,15)7-6-8(11)16-9(7)12/h6H,2-5H2,1H3. The molecule has 98 valence electrons. The van der Waals surface area contributed by atoms with Crippen LogP contribution in [0, 0.1) is 0 Å². The van der Waals surface area contributed by atoms with E-state index in [1.807, 2.05) is 6.92 Å². The minimum absolute atomic E-state index is 0.0627. The first-order chi connectivity index (χ1) is 7.93. The minimum atomic E-state index is -3.59. The topological polar surface area (TPSA) is 37.4 Å². The van der Waals surface area contributed by atoms with Gasteiger partial charge in [-0.3, -0.25) is 0 Å². The van der Waals surface area contributed by atoms with Gasteiger partial charge in [-0.25, -0.2) is 8.42 Å². The molecule has 0 aliphatic rings. The number of rotatable bonds is 6. The zero-order valence-corrected chi connectivity index (χ0v) is 13.0. The van der Waals surface area contributed by atoms with Gasteiger partial charge in [0.15, 0.2) is 0 Å². The van der Waals surface area contributed by atoms with Crippen LogP contribution in [0.15, 0.2) is 11.0 Å². The number of hydrogen-bond acceptors (Lipinski definition) is 3. The van der Waals surface area contributed by atoms with E-state index in [-0.39, 0.29) is 21.7 Å². The average molecular weight is 337 g/mol. The van der Waals surface area contributed by atoms with Crippen molar-refractivity contribution in [1.82, 2.24) is 4.31 Å². The maximum absolute atomic E-state index is 12.3. The lowest BCUT2D eigenvalue weighted by molar-refractivity contribution is 0.429. The largest absolute Gasteiger partial charge is 0.245 e. The van der Waals surface area contributed by atoms with Gasteiger partial charge in [0.05, 0.1) is 4.34 Å². The third-order valence-electron chi connectivity index (χ3n) is 2.05. The molecular weight excluding hydrogens is 325 g/mol. The summed E-state index contributed by atoms with van der Waals surface area (Å²) in [5.74, 6) is 0.245. The molecule has 1 aromatic rings. The molecule has 0 aliphatic carbocycles. The van der Waals surface area contributed by atoms with Gasteiger partial charge in [-0.15, -0.1) is 22.9 Å². The van der Waals surface area contributed by atoms with Crippen molar-refractivity contribution >= 4 is 56.2 Å². The molecule has 0 bridgehead atoms. The van der Waals surface area contributed by atoms with E-state index in [9.17, 15) is 8.42 Å². The van der Waals surface area contributed by atoms with Gasteiger partial charge >= 0.3 is 0 Å². The Hall–Kier alpha value is 0.480. The van der Waals surface area contributed by atoms with E-state index in [0.29, 0.717) is 17.3 Å². The molecule has 0 saturated heterocycles. The smallest absolute Gasteiger partial charge is 0.207 e. The normalized spacial score (nSPS) is 12.3. The molecule has 3 nitrogen and oxygen atoms in total. The molecule has 8 heteroatoms. The van der Waals surface area contributed by atoms with Crippen LogP contribution in [0.4, 0.5) is 0 Å². The first kappa shape index (κ1) is 15.5. The van der Waals surface area contributed by atoms with Crippen LogP contribution in [-0.2, 0) is 10.0 Å². The number of sulfonamides is 1. The highest BCUT2D eigenvalue weighted by Gasteiger charge is 2.27. The molecule has 0 aromatic carbocycles. The highest BCUT2D eigenvalue weighted by molar-refractivity contribution is 7.89. The van der Waals surface area contributed by atoms with Crippen LogP contribution >= 0.6 is 46.1 Å². The fourth-order valence-electron chi connectivity index (χ4n) is 1.34. The Kier molecular flexibility index (Phi) is 6.02. The van der Waals surface area contributed by atoms with Gasteiger partial charge < -0.3 is 0 Å². The summed E-state index contributed by atoms with van der Waals surface area (Å²) < 4.78 is 26.4. The minimum Gasteiger partial charge on any atom is -0.207 e. The summed E-state index contributed by atoms with van der Waals surface area (Å²) in [5.41, 5.74) is 0. The van der Waals surface area contributed by atoms with Crippen LogP contribution in [0.1, 0.15) is 13.3 Å². The van der Waals surface area contributed by atoms with Crippen molar-refractivity contribution in [1.29, 1.82) is 0 Å². The first-order valence-corrected chi connectivity index (χ1v) is 8.49. The van der Waals surface area contributed by atoms with Gasteiger partial charge in [-0.2, -0.15) is 4.31 Å². The summed E-state index contributed by atoms with van der Waals surface area (Å²) in [7, 11) is -3.59. The predicted octanol–water partition coefficient (Wildman–Crippen LogP) is 3.69. The maximum atomic E-state index is 12.3. The Morgan fingerprint density at radius 3 is 2.41 bits per heavy atom. The van der Waals surface area contributed by atoms with Gasteiger partial charge in [0, 0.05) is 19.0 Å². The Morgan fingerprint density at radius 2 is 2.00 bits per heavy atom. The van der Waals surface area contributed by atoms with Gasteiger partial charge in [0.25, 0.3) is 0 Å². The lowest BCUT2D eigenvalue weighted by Gasteiger charge is -2.19. The molecule has 0 unspecified atom stereocenters. The average Bonchev–Trinajstić information content (AvgIpc) is 2.58. The van der Waals surface area contributed by atoms with Crippen molar-refractivity contribution in [2.45, 2.75) is 18.2 Å². The quantitative estimate of drug-likeness (QED) is 0.743. The summed E-state index contributed by atoms with van der Waals surface area (Å²) >= 11 is 18.3. The summed E-state index contributed by atoms with van der Waals surface area (Å²) in [4.78, 5) is 0.0627. The number of halogens is 3. The van der Waals surface area contributed by atoms with E-state index in [4.69, 9.17) is 34.8 Å². The molecule has 1 rings (SSSR count). The van der Waals surface area contributed by atoms with E-state index >= 15 is 0 Å². The summed E-state index contributed by atoms with van der Waals surface area (Å²) in [6.45, 7) is 2.58. The Bertz CT molecular complexity index is 467. The molecule has 0 spiro atoms. The Labute approximate surface area is 120 Å². The van der Waals surface area contributed by atoms with Gasteiger partial charge in [-0.05, 0) is 12.5 Å². The molecule has 0 radical (unpaired) electrons. The van der Waals surface area contributed by atoms with Gasteiger partial charge in [0.1, 0.15) is 9.23 Å². The lowest BCUT2D eigenvalue weighted by Crippen LogP contribution is -2.33. The van der Waals surface area contributed by atoms with Crippen molar-refractivity contribution in [3.05, 3.63) is 14.7 Å². The van der Waals surface area contributed by atoms with Crippen LogP contribution in [0.2, 0.25) is 8.67 Å². The molecule has 17 heavy (non-hydrogen) atoms. The molecule has 1 heterocycles. The van der Waals surface area contributed by atoms with Crippen molar-refractivity contribution in [2.24, 2.45) is 0 Å². The second-order valence-electron chi connectivity index (χ2n) is 3.28. The zero-order chi connectivity index (χ0) is 13.1. The lowest BCUT2D eigenvalue weighted by atomic mass is 10.5. The fraction of sp³-hybridized carbons (Fsp3) is 0.556. The van der Waals surface area contributed by atoms with E-state index in [2.05, 4.69) is 0 Å². The molecule has 0 atom stereocenters. The van der Waals surface area contributed by atoms with Crippen molar-refractivity contribution in [3.8, 4) is 0 Å². The first-order valence-electron chi connectivity index (χ1n) is 4.94. The summed E-state index contributed by atoms with van der Waals surface area (Å²) in [6.07, 6.45) is 0.714. The second kappa shape index (κ2) is 6.59. The van der Waals surface area contributed by atoms with Crippen molar-refractivity contribution in [3.63, 3.8) is 0 Å². The Morgan fingerprint density at radius 1 is 1.35 bits per heavy atom. The molecule has 0 saturated carbocycles. The van der Waals surface area contributed by atoms with Crippen LogP contribution in [0.5, 0.6) is 0 Å². The van der Waals surface area contributed by atoms with Crippen molar-refractivity contribution < 1.29 is 8.42 Å². The van der Waals surface area contributed by atoms with Crippen LogP contribution in [0.3, 0.4) is 0 Å². The predicted molar refractivity (Wildman–Crippen MR) is 74.1 cm³/mol. The second-order valence-corrected chi connectivity index (χ2v) is 7.85. The molecule has 0 N–H and O–H groups in total. The highest BCUT2D eigenvalue weighted by Crippen LogP contribution is 2.35. The van der Waals surface area contributed by atoms with E-state index in [1.54, 1.807) is 0 Å². The molecule has 0 aliphatic heterocycles. The third-order valence-corrected chi connectivity index (χ3v) is 5.87. The van der Waals surface area contributed by atoms with E-state index in [0.717, 1.165) is 11.3 Å². The monoisotopic (exact) mass is 335 g/mol.